The van der Waals surface area contributed by atoms with Crippen molar-refractivity contribution in [2.45, 2.75) is 144 Å². The lowest BCUT2D eigenvalue weighted by atomic mass is 9.90. The van der Waals surface area contributed by atoms with E-state index in [1.54, 1.807) is 0 Å². The zero-order valence-corrected chi connectivity index (χ0v) is 27.4. The summed E-state index contributed by atoms with van der Waals surface area (Å²) >= 11 is 0. The van der Waals surface area contributed by atoms with Crippen LogP contribution in [0.25, 0.3) is 0 Å². The molecule has 0 spiro atoms. The highest BCUT2D eigenvalue weighted by atomic mass is 16.5. The van der Waals surface area contributed by atoms with Gasteiger partial charge in [0.1, 0.15) is 0 Å². The fraction of sp³-hybridized carbons (Fsp3) is 1.00. The molecule has 38 heavy (non-hydrogen) atoms. The van der Waals surface area contributed by atoms with Crippen molar-refractivity contribution in [3.8, 4) is 0 Å². The Labute approximate surface area is 235 Å². The maximum Gasteiger partial charge on any atom is 0.0648 e. The maximum absolute atomic E-state index is 6.56. The van der Waals surface area contributed by atoms with Crippen LogP contribution in [0.15, 0.2) is 0 Å². The zero-order valence-electron chi connectivity index (χ0n) is 27.4. The molecule has 0 fully saturated rings. The molecular weight excluding hydrogens is 484 g/mol. The lowest BCUT2D eigenvalue weighted by Gasteiger charge is -2.41. The van der Waals surface area contributed by atoms with Crippen LogP contribution in [-0.2, 0) is 33.2 Å². The van der Waals surface area contributed by atoms with Gasteiger partial charge in [-0.05, 0) is 109 Å². The van der Waals surface area contributed by atoms with Gasteiger partial charge in [-0.1, -0.05) is 0 Å². The van der Waals surface area contributed by atoms with Gasteiger partial charge in [0, 0.05) is 26.4 Å². The van der Waals surface area contributed by atoms with Gasteiger partial charge in [-0.25, -0.2) is 0 Å². The minimum atomic E-state index is -0.474. The SMILES string of the molecule is CCOCC(COC(C)(C)CCOC(C)C)(COC(C)(C)CCOC(C)C)COC(C)(C)CCOC(C)C. The fourth-order valence-corrected chi connectivity index (χ4v) is 3.45. The van der Waals surface area contributed by atoms with Crippen LogP contribution < -0.4 is 0 Å². The van der Waals surface area contributed by atoms with Gasteiger partial charge >= 0.3 is 0 Å². The maximum atomic E-state index is 6.56. The van der Waals surface area contributed by atoms with Gasteiger partial charge in [0.05, 0.1) is 67.0 Å². The normalized spacial score (nSPS) is 13.9. The molecule has 0 saturated heterocycles. The van der Waals surface area contributed by atoms with E-state index in [9.17, 15) is 0 Å². The summed E-state index contributed by atoms with van der Waals surface area (Å²) in [6, 6.07) is 0. The monoisotopic (exact) mass is 548 g/mol. The van der Waals surface area contributed by atoms with Crippen molar-refractivity contribution >= 4 is 0 Å². The number of rotatable bonds is 24. The molecule has 0 heterocycles. The second kappa shape index (κ2) is 18.2. The Morgan fingerprint density at radius 2 is 0.763 bits per heavy atom. The zero-order chi connectivity index (χ0) is 29.5. The molecule has 0 aromatic rings. The molecule has 0 aliphatic rings. The van der Waals surface area contributed by atoms with E-state index in [0.717, 1.165) is 19.3 Å². The van der Waals surface area contributed by atoms with Crippen LogP contribution in [0.3, 0.4) is 0 Å². The van der Waals surface area contributed by atoms with Crippen LogP contribution in [0.1, 0.15) is 109 Å². The molecule has 0 aliphatic heterocycles. The Hall–Kier alpha value is -0.280. The van der Waals surface area contributed by atoms with Crippen molar-refractivity contribution in [3.63, 3.8) is 0 Å². The summed E-state index contributed by atoms with van der Waals surface area (Å²) in [5.41, 5.74) is -1.53. The van der Waals surface area contributed by atoms with E-state index in [-0.39, 0.29) is 35.1 Å². The Morgan fingerprint density at radius 3 is 1.00 bits per heavy atom. The van der Waals surface area contributed by atoms with Crippen LogP contribution in [0.2, 0.25) is 0 Å². The second-order valence-electron chi connectivity index (χ2n) is 13.3. The molecule has 0 amide bonds. The quantitative estimate of drug-likeness (QED) is 0.131. The van der Waals surface area contributed by atoms with Gasteiger partial charge in [-0.3, -0.25) is 0 Å². The standard InChI is InChI=1S/C31H64O7/c1-14-32-21-31(22-36-28(8,9)15-18-33-25(2)3,23-37-29(10,11)16-19-34-26(4)5)24-38-30(12,13)17-20-35-27(6)7/h25-27H,14-24H2,1-13H3. The van der Waals surface area contributed by atoms with Crippen molar-refractivity contribution in [1.29, 1.82) is 0 Å². The van der Waals surface area contributed by atoms with Crippen molar-refractivity contribution in [2.75, 3.05) is 52.9 Å². The molecule has 7 nitrogen and oxygen atoms in total. The smallest absolute Gasteiger partial charge is 0.0648 e. The van der Waals surface area contributed by atoms with E-state index >= 15 is 0 Å². The summed E-state index contributed by atoms with van der Waals surface area (Å²) in [5, 5.41) is 0. The van der Waals surface area contributed by atoms with Gasteiger partial charge in [-0.15, -0.1) is 0 Å². The molecule has 0 aromatic carbocycles. The van der Waals surface area contributed by atoms with Gasteiger partial charge in [0.2, 0.25) is 0 Å². The van der Waals surface area contributed by atoms with Crippen molar-refractivity contribution in [2.24, 2.45) is 5.41 Å². The molecule has 0 bridgehead atoms. The van der Waals surface area contributed by atoms with E-state index in [4.69, 9.17) is 33.2 Å². The predicted molar refractivity (Wildman–Crippen MR) is 156 cm³/mol. The number of hydrogen-bond donors (Lipinski definition) is 0. The highest BCUT2D eigenvalue weighted by Gasteiger charge is 2.38. The molecule has 0 N–H and O–H groups in total. The third kappa shape index (κ3) is 19.7. The van der Waals surface area contributed by atoms with Gasteiger partial charge in [0.15, 0.2) is 0 Å². The van der Waals surface area contributed by atoms with Crippen molar-refractivity contribution in [1.82, 2.24) is 0 Å². The Kier molecular flexibility index (Phi) is 18.1. The van der Waals surface area contributed by atoms with E-state index in [1.807, 2.05) is 6.92 Å². The summed E-state index contributed by atoms with van der Waals surface area (Å²) in [7, 11) is 0. The number of hydrogen-bond acceptors (Lipinski definition) is 7. The minimum absolute atomic E-state index is 0.202. The molecular formula is C31H64O7. The van der Waals surface area contributed by atoms with Crippen LogP contribution in [0.4, 0.5) is 0 Å². The Balaban J connectivity index is 5.61. The average Bonchev–Trinajstić information content (AvgIpc) is 2.77. The Morgan fingerprint density at radius 1 is 0.474 bits per heavy atom. The van der Waals surface area contributed by atoms with E-state index < -0.39 is 5.41 Å². The summed E-state index contributed by atoms with van der Waals surface area (Å²) in [5.74, 6) is 0. The first-order valence-electron chi connectivity index (χ1n) is 14.8. The molecule has 0 atom stereocenters. The molecule has 0 radical (unpaired) electrons. The molecule has 0 rings (SSSR count). The molecule has 0 unspecified atom stereocenters. The first-order chi connectivity index (χ1) is 17.4. The predicted octanol–water partition coefficient (Wildman–Crippen LogP) is 6.84. The van der Waals surface area contributed by atoms with Crippen LogP contribution in [0, 0.1) is 5.41 Å². The largest absolute Gasteiger partial charge is 0.381 e. The summed E-state index contributed by atoms with van der Waals surface area (Å²) in [4.78, 5) is 0. The van der Waals surface area contributed by atoms with Gasteiger partial charge in [0.25, 0.3) is 0 Å². The fourth-order valence-electron chi connectivity index (χ4n) is 3.45. The molecule has 230 valence electrons. The first kappa shape index (κ1) is 37.7. The summed E-state index contributed by atoms with van der Waals surface area (Å²) < 4.78 is 43.1. The van der Waals surface area contributed by atoms with E-state index in [1.165, 1.54) is 0 Å². The second-order valence-corrected chi connectivity index (χ2v) is 13.3. The third-order valence-electron chi connectivity index (χ3n) is 6.39. The Bertz CT molecular complexity index is 511. The summed E-state index contributed by atoms with van der Waals surface area (Å²) in [6.45, 7) is 31.5. The van der Waals surface area contributed by atoms with Crippen LogP contribution >= 0.6 is 0 Å². The van der Waals surface area contributed by atoms with Gasteiger partial charge in [-0.2, -0.15) is 0 Å². The number of ether oxygens (including phenoxy) is 7. The molecule has 0 saturated carbocycles. The first-order valence-corrected chi connectivity index (χ1v) is 14.8. The summed E-state index contributed by atoms with van der Waals surface area (Å²) in [6.07, 6.45) is 3.00. The topological polar surface area (TPSA) is 64.6 Å². The van der Waals surface area contributed by atoms with E-state index in [2.05, 4.69) is 83.1 Å². The lowest BCUT2D eigenvalue weighted by Crippen LogP contribution is -2.48. The van der Waals surface area contributed by atoms with Crippen molar-refractivity contribution < 1.29 is 33.2 Å². The van der Waals surface area contributed by atoms with Crippen LogP contribution in [0.5, 0.6) is 0 Å². The highest BCUT2D eigenvalue weighted by Crippen LogP contribution is 2.30. The van der Waals surface area contributed by atoms with Gasteiger partial charge < -0.3 is 33.2 Å². The highest BCUT2D eigenvalue weighted by molar-refractivity contribution is 4.85. The molecule has 0 aromatic heterocycles. The van der Waals surface area contributed by atoms with Crippen molar-refractivity contribution in [3.05, 3.63) is 0 Å². The third-order valence-corrected chi connectivity index (χ3v) is 6.39. The van der Waals surface area contributed by atoms with Crippen LogP contribution in [-0.4, -0.2) is 88.0 Å². The van der Waals surface area contributed by atoms with E-state index in [0.29, 0.717) is 52.9 Å². The molecule has 7 heteroatoms. The lowest BCUT2D eigenvalue weighted by molar-refractivity contribution is -0.181. The molecule has 0 aliphatic carbocycles. The average molecular weight is 549 g/mol. The minimum Gasteiger partial charge on any atom is -0.381 e.